The SMILES string of the molecule is O=C(COc1cccc(Br)c1O)c1ccc(Cl)cc1F. The second kappa shape index (κ2) is 6.24. The number of ketones is 1. The maximum absolute atomic E-state index is 13.6. The van der Waals surface area contributed by atoms with Crippen LogP contribution in [0, 0.1) is 5.82 Å². The lowest BCUT2D eigenvalue weighted by atomic mass is 10.1. The van der Waals surface area contributed by atoms with Crippen LogP contribution in [0.5, 0.6) is 11.5 Å². The molecule has 0 heterocycles. The number of aromatic hydroxyl groups is 1. The molecule has 2 aromatic carbocycles. The molecular weight excluding hydrogens is 351 g/mol. The molecule has 0 unspecified atom stereocenters. The van der Waals surface area contributed by atoms with Gasteiger partial charge >= 0.3 is 0 Å². The topological polar surface area (TPSA) is 46.5 Å². The molecule has 0 bridgehead atoms. The van der Waals surface area contributed by atoms with Crippen molar-refractivity contribution < 1.29 is 19.0 Å². The van der Waals surface area contributed by atoms with E-state index < -0.39 is 11.6 Å². The van der Waals surface area contributed by atoms with E-state index in [0.29, 0.717) is 4.47 Å². The average molecular weight is 360 g/mol. The molecule has 2 aromatic rings. The van der Waals surface area contributed by atoms with Crippen LogP contribution in [0.15, 0.2) is 40.9 Å². The molecule has 0 radical (unpaired) electrons. The number of halogens is 3. The molecule has 0 fully saturated rings. The number of phenols is 1. The summed E-state index contributed by atoms with van der Waals surface area (Å²) in [4.78, 5) is 11.8. The number of carbonyl (C=O) groups excluding carboxylic acids is 1. The summed E-state index contributed by atoms with van der Waals surface area (Å²) >= 11 is 8.74. The van der Waals surface area contributed by atoms with Crippen LogP contribution in [0.1, 0.15) is 10.4 Å². The molecule has 0 amide bonds. The highest BCUT2D eigenvalue weighted by atomic mass is 79.9. The molecule has 0 saturated heterocycles. The van der Waals surface area contributed by atoms with Gasteiger partial charge in [-0.1, -0.05) is 17.7 Å². The van der Waals surface area contributed by atoms with Crippen LogP contribution in [0.2, 0.25) is 5.02 Å². The monoisotopic (exact) mass is 358 g/mol. The lowest BCUT2D eigenvalue weighted by Crippen LogP contribution is -2.13. The Hall–Kier alpha value is -1.59. The fraction of sp³-hybridized carbons (Fsp3) is 0.0714. The first kappa shape index (κ1) is 14.8. The van der Waals surface area contributed by atoms with Gasteiger partial charge in [0.15, 0.2) is 18.1 Å². The van der Waals surface area contributed by atoms with E-state index >= 15 is 0 Å². The van der Waals surface area contributed by atoms with Crippen molar-refractivity contribution in [3.8, 4) is 11.5 Å². The molecular formula is C14H9BrClFO3. The maximum atomic E-state index is 13.6. The van der Waals surface area contributed by atoms with E-state index in [9.17, 15) is 14.3 Å². The number of rotatable bonds is 4. The Bertz CT molecular complexity index is 661. The maximum Gasteiger partial charge on any atom is 0.203 e. The first-order chi connectivity index (χ1) is 9.49. The first-order valence-electron chi connectivity index (χ1n) is 5.57. The molecule has 3 nitrogen and oxygen atoms in total. The van der Waals surface area contributed by atoms with Crippen molar-refractivity contribution in [2.24, 2.45) is 0 Å². The Kier molecular flexibility index (Phi) is 4.62. The Morgan fingerprint density at radius 1 is 1.35 bits per heavy atom. The standard InChI is InChI=1S/C14H9BrClFO3/c15-10-2-1-3-13(14(10)19)20-7-12(18)9-5-4-8(16)6-11(9)17/h1-6,19H,7H2. The summed E-state index contributed by atoms with van der Waals surface area (Å²) in [6, 6.07) is 8.56. The predicted octanol–water partition coefficient (Wildman–Crippen LogP) is 4.21. The van der Waals surface area contributed by atoms with Gasteiger partial charge in [-0.3, -0.25) is 4.79 Å². The van der Waals surface area contributed by atoms with E-state index in [4.69, 9.17) is 16.3 Å². The molecule has 0 spiro atoms. The fourth-order valence-corrected chi connectivity index (χ4v) is 2.06. The molecule has 2 rings (SSSR count). The van der Waals surface area contributed by atoms with Crippen molar-refractivity contribution in [3.05, 3.63) is 57.3 Å². The normalized spacial score (nSPS) is 10.3. The lowest BCUT2D eigenvalue weighted by Gasteiger charge is -2.08. The van der Waals surface area contributed by atoms with Gasteiger partial charge in [0.2, 0.25) is 5.78 Å². The van der Waals surface area contributed by atoms with Gasteiger partial charge in [0, 0.05) is 5.02 Å². The number of hydrogen-bond acceptors (Lipinski definition) is 3. The largest absolute Gasteiger partial charge is 0.503 e. The van der Waals surface area contributed by atoms with E-state index in [1.807, 2.05) is 0 Å². The Morgan fingerprint density at radius 3 is 2.80 bits per heavy atom. The molecule has 1 N–H and O–H groups in total. The van der Waals surface area contributed by atoms with Gasteiger partial charge in [-0.05, 0) is 46.3 Å². The van der Waals surface area contributed by atoms with Crippen molar-refractivity contribution >= 4 is 33.3 Å². The minimum atomic E-state index is -0.704. The van der Waals surface area contributed by atoms with Gasteiger partial charge in [0.05, 0.1) is 10.0 Å². The summed E-state index contributed by atoms with van der Waals surface area (Å²) in [5.41, 5.74) is -0.108. The van der Waals surface area contributed by atoms with Gasteiger partial charge < -0.3 is 9.84 Å². The molecule has 104 valence electrons. The van der Waals surface area contributed by atoms with Gasteiger partial charge in [0.25, 0.3) is 0 Å². The highest BCUT2D eigenvalue weighted by Gasteiger charge is 2.14. The number of hydrogen-bond donors (Lipinski definition) is 1. The summed E-state index contributed by atoms with van der Waals surface area (Å²) in [5, 5.41) is 9.91. The minimum Gasteiger partial charge on any atom is -0.503 e. The molecule has 0 atom stereocenters. The van der Waals surface area contributed by atoms with Gasteiger partial charge in [-0.25, -0.2) is 4.39 Å². The van der Waals surface area contributed by atoms with Crippen molar-refractivity contribution in [1.82, 2.24) is 0 Å². The third kappa shape index (κ3) is 3.29. The smallest absolute Gasteiger partial charge is 0.203 e. The number of benzene rings is 2. The molecule has 20 heavy (non-hydrogen) atoms. The summed E-state index contributed by atoms with van der Waals surface area (Å²) in [6.45, 7) is -0.386. The molecule has 0 aliphatic heterocycles. The number of phenolic OH excluding ortho intramolecular Hbond substituents is 1. The lowest BCUT2D eigenvalue weighted by molar-refractivity contribution is 0.0915. The van der Waals surface area contributed by atoms with Crippen LogP contribution in [0.3, 0.4) is 0 Å². The fourth-order valence-electron chi connectivity index (χ4n) is 1.55. The highest BCUT2D eigenvalue weighted by molar-refractivity contribution is 9.10. The second-order valence-electron chi connectivity index (χ2n) is 3.92. The zero-order chi connectivity index (χ0) is 14.7. The van der Waals surface area contributed by atoms with Crippen LogP contribution in [-0.4, -0.2) is 17.5 Å². The minimum absolute atomic E-state index is 0.108. The molecule has 0 aliphatic rings. The zero-order valence-corrected chi connectivity index (χ0v) is 12.4. The van der Waals surface area contributed by atoms with Crippen molar-refractivity contribution in [3.63, 3.8) is 0 Å². The average Bonchev–Trinajstić information content (AvgIpc) is 2.40. The van der Waals surface area contributed by atoms with E-state index in [1.54, 1.807) is 12.1 Å². The Labute approximate surface area is 128 Å². The summed E-state index contributed by atoms with van der Waals surface area (Å²) < 4.78 is 19.2. The number of ether oxygens (including phenoxy) is 1. The third-order valence-electron chi connectivity index (χ3n) is 2.54. The molecule has 6 heteroatoms. The Morgan fingerprint density at radius 2 is 2.10 bits per heavy atom. The van der Waals surface area contributed by atoms with Gasteiger partial charge in [-0.15, -0.1) is 0 Å². The van der Waals surface area contributed by atoms with Gasteiger partial charge in [-0.2, -0.15) is 0 Å². The van der Waals surface area contributed by atoms with Crippen LogP contribution >= 0.6 is 27.5 Å². The molecule has 0 aliphatic carbocycles. The van der Waals surface area contributed by atoms with Crippen LogP contribution < -0.4 is 4.74 Å². The third-order valence-corrected chi connectivity index (χ3v) is 3.42. The molecule has 0 aromatic heterocycles. The second-order valence-corrected chi connectivity index (χ2v) is 5.21. The van der Waals surface area contributed by atoms with Gasteiger partial charge in [0.1, 0.15) is 5.82 Å². The van der Waals surface area contributed by atoms with E-state index in [1.165, 1.54) is 18.2 Å². The van der Waals surface area contributed by atoms with Crippen LogP contribution in [0.25, 0.3) is 0 Å². The predicted molar refractivity (Wildman–Crippen MR) is 77.0 cm³/mol. The van der Waals surface area contributed by atoms with Crippen molar-refractivity contribution in [1.29, 1.82) is 0 Å². The first-order valence-corrected chi connectivity index (χ1v) is 6.74. The summed E-state index contributed by atoms with van der Waals surface area (Å²) in [7, 11) is 0. The zero-order valence-electron chi connectivity index (χ0n) is 10.1. The van der Waals surface area contributed by atoms with Crippen molar-refractivity contribution in [2.75, 3.05) is 6.61 Å². The van der Waals surface area contributed by atoms with Crippen LogP contribution in [-0.2, 0) is 0 Å². The Balaban J connectivity index is 2.11. The molecule has 0 saturated carbocycles. The van der Waals surface area contributed by atoms with E-state index in [-0.39, 0.29) is 28.7 Å². The number of carbonyl (C=O) groups is 1. The highest BCUT2D eigenvalue weighted by Crippen LogP contribution is 2.33. The van der Waals surface area contributed by atoms with E-state index in [2.05, 4.69) is 15.9 Å². The number of Topliss-reactive ketones (excluding diaryl/α,β-unsaturated/α-hetero) is 1. The quantitative estimate of drug-likeness (QED) is 0.832. The number of para-hydroxylation sites is 1. The van der Waals surface area contributed by atoms with Crippen molar-refractivity contribution in [2.45, 2.75) is 0 Å². The summed E-state index contributed by atoms with van der Waals surface area (Å²) in [5.74, 6) is -1.22. The van der Waals surface area contributed by atoms with Crippen LogP contribution in [0.4, 0.5) is 4.39 Å². The summed E-state index contributed by atoms with van der Waals surface area (Å²) in [6.07, 6.45) is 0. The van der Waals surface area contributed by atoms with E-state index in [0.717, 1.165) is 6.07 Å².